The molecule has 0 spiro atoms. The zero-order chi connectivity index (χ0) is 7.45. The maximum Gasteiger partial charge on any atom is 0.178 e. The van der Waals surface area contributed by atoms with Crippen molar-refractivity contribution in [3.63, 3.8) is 0 Å². The SMILES string of the molecule is CC1(CCl)OCCCCO1. The van der Waals surface area contributed by atoms with Gasteiger partial charge in [0, 0.05) is 0 Å². The van der Waals surface area contributed by atoms with Crippen LogP contribution in [0, 0.1) is 0 Å². The number of rotatable bonds is 1. The van der Waals surface area contributed by atoms with Gasteiger partial charge in [-0.3, -0.25) is 0 Å². The monoisotopic (exact) mass is 164 g/mol. The summed E-state index contributed by atoms with van der Waals surface area (Å²) in [5.41, 5.74) is 0. The molecule has 1 saturated heterocycles. The summed E-state index contributed by atoms with van der Waals surface area (Å²) in [6.45, 7) is 3.41. The van der Waals surface area contributed by atoms with Gasteiger partial charge in [0.2, 0.25) is 0 Å². The van der Waals surface area contributed by atoms with Crippen molar-refractivity contribution >= 4 is 11.6 Å². The molecule has 0 unspecified atom stereocenters. The Bertz CT molecular complexity index is 97.8. The molecular formula is C7H13ClO2. The molecule has 0 N–H and O–H groups in total. The minimum Gasteiger partial charge on any atom is -0.349 e. The van der Waals surface area contributed by atoms with Crippen molar-refractivity contribution < 1.29 is 9.47 Å². The van der Waals surface area contributed by atoms with Gasteiger partial charge in [-0.15, -0.1) is 11.6 Å². The number of ether oxygens (including phenoxy) is 2. The lowest BCUT2D eigenvalue weighted by Gasteiger charge is -2.24. The van der Waals surface area contributed by atoms with Gasteiger partial charge in [-0.2, -0.15) is 0 Å². The highest BCUT2D eigenvalue weighted by Crippen LogP contribution is 2.18. The third-order valence-electron chi connectivity index (χ3n) is 1.60. The highest BCUT2D eigenvalue weighted by atomic mass is 35.5. The van der Waals surface area contributed by atoms with Crippen LogP contribution in [-0.4, -0.2) is 24.9 Å². The van der Waals surface area contributed by atoms with Gasteiger partial charge in [0.1, 0.15) is 0 Å². The van der Waals surface area contributed by atoms with Gasteiger partial charge in [0.15, 0.2) is 5.79 Å². The molecule has 0 saturated carbocycles. The molecule has 0 aromatic rings. The van der Waals surface area contributed by atoms with Crippen LogP contribution in [0.2, 0.25) is 0 Å². The number of hydrogen-bond donors (Lipinski definition) is 0. The molecule has 0 radical (unpaired) electrons. The fraction of sp³-hybridized carbons (Fsp3) is 1.00. The maximum atomic E-state index is 5.64. The molecule has 1 heterocycles. The number of hydrogen-bond acceptors (Lipinski definition) is 2. The standard InChI is InChI=1S/C7H13ClO2/c1-7(6-8)9-4-2-3-5-10-7/h2-6H2,1H3. The lowest BCUT2D eigenvalue weighted by Crippen LogP contribution is -2.33. The van der Waals surface area contributed by atoms with Crippen LogP contribution in [-0.2, 0) is 9.47 Å². The van der Waals surface area contributed by atoms with Crippen LogP contribution in [0.5, 0.6) is 0 Å². The van der Waals surface area contributed by atoms with Crippen LogP contribution in [0.4, 0.5) is 0 Å². The summed E-state index contributed by atoms with van der Waals surface area (Å²) >= 11 is 5.64. The van der Waals surface area contributed by atoms with E-state index in [4.69, 9.17) is 21.1 Å². The van der Waals surface area contributed by atoms with Crippen molar-refractivity contribution in [2.24, 2.45) is 0 Å². The zero-order valence-corrected chi connectivity index (χ0v) is 6.99. The minimum absolute atomic E-state index is 0.410. The number of alkyl halides is 1. The minimum atomic E-state index is -0.530. The van der Waals surface area contributed by atoms with Crippen LogP contribution in [0.15, 0.2) is 0 Å². The summed E-state index contributed by atoms with van der Waals surface area (Å²) in [4.78, 5) is 0. The molecule has 3 heteroatoms. The Morgan fingerprint density at radius 1 is 1.30 bits per heavy atom. The predicted molar refractivity (Wildman–Crippen MR) is 40.3 cm³/mol. The van der Waals surface area contributed by atoms with Gasteiger partial charge in [-0.25, -0.2) is 0 Å². The molecule has 0 aliphatic carbocycles. The molecule has 1 fully saturated rings. The van der Waals surface area contributed by atoms with Gasteiger partial charge in [0.25, 0.3) is 0 Å². The Morgan fingerprint density at radius 3 is 2.20 bits per heavy atom. The summed E-state index contributed by atoms with van der Waals surface area (Å²) in [5.74, 6) is -0.120. The summed E-state index contributed by atoms with van der Waals surface area (Å²) < 4.78 is 10.8. The highest BCUT2D eigenvalue weighted by molar-refractivity contribution is 6.18. The van der Waals surface area contributed by atoms with Crippen LogP contribution >= 0.6 is 11.6 Å². The first-order chi connectivity index (χ1) is 4.77. The molecule has 1 rings (SSSR count). The van der Waals surface area contributed by atoms with E-state index in [0.717, 1.165) is 26.1 Å². The molecule has 1 aliphatic heterocycles. The molecule has 10 heavy (non-hydrogen) atoms. The largest absolute Gasteiger partial charge is 0.349 e. The summed E-state index contributed by atoms with van der Waals surface area (Å²) in [7, 11) is 0. The Kier molecular flexibility index (Phi) is 2.96. The van der Waals surface area contributed by atoms with Crippen LogP contribution in [0.25, 0.3) is 0 Å². The van der Waals surface area contributed by atoms with Gasteiger partial charge in [0.05, 0.1) is 19.1 Å². The molecule has 0 aromatic carbocycles. The van der Waals surface area contributed by atoms with Crippen molar-refractivity contribution in [2.45, 2.75) is 25.6 Å². The lowest BCUT2D eigenvalue weighted by molar-refractivity contribution is -0.196. The van der Waals surface area contributed by atoms with Crippen molar-refractivity contribution in [3.8, 4) is 0 Å². The molecule has 0 bridgehead atoms. The van der Waals surface area contributed by atoms with Crippen LogP contribution in [0.3, 0.4) is 0 Å². The molecule has 0 aromatic heterocycles. The van der Waals surface area contributed by atoms with Crippen molar-refractivity contribution in [3.05, 3.63) is 0 Å². The predicted octanol–water partition coefficient (Wildman–Crippen LogP) is 1.77. The Morgan fingerprint density at radius 2 is 1.80 bits per heavy atom. The highest BCUT2D eigenvalue weighted by Gasteiger charge is 2.25. The van der Waals surface area contributed by atoms with Crippen molar-refractivity contribution in [1.29, 1.82) is 0 Å². The van der Waals surface area contributed by atoms with Gasteiger partial charge in [-0.1, -0.05) is 0 Å². The maximum absolute atomic E-state index is 5.64. The lowest BCUT2D eigenvalue weighted by atomic mass is 10.3. The van der Waals surface area contributed by atoms with E-state index in [9.17, 15) is 0 Å². The van der Waals surface area contributed by atoms with Gasteiger partial charge >= 0.3 is 0 Å². The average Bonchev–Trinajstić information content (AvgIpc) is 2.15. The second-order valence-corrected chi connectivity index (χ2v) is 2.94. The Hall–Kier alpha value is 0.210. The molecule has 60 valence electrons. The quantitative estimate of drug-likeness (QED) is 0.550. The first kappa shape index (κ1) is 8.31. The van der Waals surface area contributed by atoms with Crippen LogP contribution < -0.4 is 0 Å². The molecule has 1 aliphatic rings. The Balaban J connectivity index is 2.41. The zero-order valence-electron chi connectivity index (χ0n) is 6.23. The third-order valence-corrected chi connectivity index (χ3v) is 2.08. The third kappa shape index (κ3) is 2.11. The smallest absolute Gasteiger partial charge is 0.178 e. The van der Waals surface area contributed by atoms with Crippen molar-refractivity contribution in [1.82, 2.24) is 0 Å². The summed E-state index contributed by atoms with van der Waals surface area (Å²) in [6, 6.07) is 0. The Labute approximate surface area is 66.5 Å². The summed E-state index contributed by atoms with van der Waals surface area (Å²) in [6.07, 6.45) is 2.15. The van der Waals surface area contributed by atoms with Crippen LogP contribution in [0.1, 0.15) is 19.8 Å². The first-order valence-electron chi connectivity index (χ1n) is 3.61. The number of halogens is 1. The van der Waals surface area contributed by atoms with E-state index in [-0.39, 0.29) is 0 Å². The molecule has 0 amide bonds. The van der Waals surface area contributed by atoms with Crippen molar-refractivity contribution in [2.75, 3.05) is 19.1 Å². The fourth-order valence-corrected chi connectivity index (χ4v) is 1.05. The second kappa shape index (κ2) is 3.56. The fourth-order valence-electron chi connectivity index (χ4n) is 0.899. The van der Waals surface area contributed by atoms with E-state index >= 15 is 0 Å². The van der Waals surface area contributed by atoms with E-state index in [1.165, 1.54) is 0 Å². The average molecular weight is 165 g/mol. The second-order valence-electron chi connectivity index (χ2n) is 2.67. The van der Waals surface area contributed by atoms with E-state index in [1.807, 2.05) is 6.92 Å². The van der Waals surface area contributed by atoms with E-state index in [2.05, 4.69) is 0 Å². The van der Waals surface area contributed by atoms with Gasteiger partial charge in [-0.05, 0) is 19.8 Å². The van der Waals surface area contributed by atoms with Gasteiger partial charge < -0.3 is 9.47 Å². The summed E-state index contributed by atoms with van der Waals surface area (Å²) in [5, 5.41) is 0. The van der Waals surface area contributed by atoms with E-state index in [1.54, 1.807) is 0 Å². The normalized spacial score (nSPS) is 25.8. The van der Waals surface area contributed by atoms with E-state index in [0.29, 0.717) is 5.88 Å². The van der Waals surface area contributed by atoms with E-state index < -0.39 is 5.79 Å². The molecule has 2 nitrogen and oxygen atoms in total. The first-order valence-corrected chi connectivity index (χ1v) is 4.14. The topological polar surface area (TPSA) is 18.5 Å². The molecule has 0 atom stereocenters. The molecular weight excluding hydrogens is 152 g/mol.